The maximum absolute atomic E-state index is 12.7. The highest BCUT2D eigenvalue weighted by Crippen LogP contribution is 2.21. The summed E-state index contributed by atoms with van der Waals surface area (Å²) in [5.41, 5.74) is 12.5. The molecule has 3 N–H and O–H groups in total. The van der Waals surface area contributed by atoms with Crippen LogP contribution in [0.5, 0.6) is 0 Å². The number of nitrogens with zero attached hydrogens (tertiary/aromatic N) is 1. The lowest BCUT2D eigenvalue weighted by molar-refractivity contribution is 0.0971. The van der Waals surface area contributed by atoms with Gasteiger partial charge in [-0.3, -0.25) is 4.79 Å². The molecule has 0 saturated heterocycles. The van der Waals surface area contributed by atoms with Crippen LogP contribution in [-0.2, 0) is 19.9 Å². The van der Waals surface area contributed by atoms with Crippen LogP contribution < -0.4 is 5.73 Å². The first-order chi connectivity index (χ1) is 13.1. The molecule has 1 aromatic heterocycles. The highest BCUT2D eigenvalue weighted by Gasteiger charge is 2.20. The number of rotatable bonds is 10. The SMILES string of the molecule is Cc1ccc(CCCCC(=O)c2cc(C)c(CCC(C)(N)CO)n2C)cc1C. The Hall–Kier alpha value is -1.91. The molecule has 1 aromatic carbocycles. The molecule has 0 amide bonds. The maximum Gasteiger partial charge on any atom is 0.179 e. The number of aliphatic hydroxyl groups excluding tert-OH is 1. The molecular formula is C24H36N2O2. The monoisotopic (exact) mass is 384 g/mol. The predicted octanol–water partition coefficient (Wildman–Crippen LogP) is 4.19. The molecule has 1 atom stereocenters. The number of aromatic nitrogens is 1. The van der Waals surface area contributed by atoms with E-state index in [4.69, 9.17) is 5.73 Å². The van der Waals surface area contributed by atoms with Crippen LogP contribution in [0.1, 0.15) is 71.0 Å². The molecule has 154 valence electrons. The lowest BCUT2D eigenvalue weighted by atomic mass is 9.96. The number of ketones is 1. The Kier molecular flexibility index (Phi) is 7.62. The summed E-state index contributed by atoms with van der Waals surface area (Å²) in [5.74, 6) is 0.203. The fraction of sp³-hybridized carbons (Fsp3) is 0.542. The summed E-state index contributed by atoms with van der Waals surface area (Å²) < 4.78 is 2.01. The lowest BCUT2D eigenvalue weighted by Crippen LogP contribution is -2.40. The summed E-state index contributed by atoms with van der Waals surface area (Å²) in [7, 11) is 1.96. The Morgan fingerprint density at radius 3 is 2.43 bits per heavy atom. The summed E-state index contributed by atoms with van der Waals surface area (Å²) in [4.78, 5) is 12.7. The average molecular weight is 385 g/mol. The zero-order chi connectivity index (χ0) is 20.9. The molecule has 1 heterocycles. The first kappa shape index (κ1) is 22.4. The Balaban J connectivity index is 1.90. The van der Waals surface area contributed by atoms with Gasteiger partial charge in [0.05, 0.1) is 12.3 Å². The van der Waals surface area contributed by atoms with Crippen molar-refractivity contribution >= 4 is 5.78 Å². The first-order valence-electron chi connectivity index (χ1n) is 10.3. The second-order valence-electron chi connectivity index (χ2n) is 8.58. The van der Waals surface area contributed by atoms with Crippen LogP contribution in [0.15, 0.2) is 24.3 Å². The topological polar surface area (TPSA) is 68.2 Å². The van der Waals surface area contributed by atoms with E-state index < -0.39 is 5.54 Å². The van der Waals surface area contributed by atoms with Gasteiger partial charge in [0.15, 0.2) is 5.78 Å². The van der Waals surface area contributed by atoms with E-state index in [2.05, 4.69) is 32.0 Å². The van der Waals surface area contributed by atoms with Crippen molar-refractivity contribution in [1.29, 1.82) is 0 Å². The Morgan fingerprint density at radius 2 is 1.79 bits per heavy atom. The second kappa shape index (κ2) is 9.53. The number of benzene rings is 1. The summed E-state index contributed by atoms with van der Waals surface area (Å²) >= 11 is 0. The van der Waals surface area contributed by atoms with Crippen molar-refractivity contribution in [1.82, 2.24) is 4.57 Å². The number of unbranched alkanes of at least 4 members (excludes halogenated alkanes) is 1. The molecule has 1 unspecified atom stereocenters. The highest BCUT2D eigenvalue weighted by atomic mass is 16.3. The smallest absolute Gasteiger partial charge is 0.179 e. The quantitative estimate of drug-likeness (QED) is 0.477. The maximum atomic E-state index is 12.7. The molecule has 0 aliphatic heterocycles. The number of hydrogen-bond acceptors (Lipinski definition) is 3. The number of carbonyl (C=O) groups is 1. The zero-order valence-corrected chi connectivity index (χ0v) is 18.1. The van der Waals surface area contributed by atoms with E-state index in [1.54, 1.807) is 0 Å². The van der Waals surface area contributed by atoms with E-state index in [1.807, 2.05) is 31.5 Å². The molecule has 0 aliphatic carbocycles. The minimum Gasteiger partial charge on any atom is -0.394 e. The number of hydrogen-bond donors (Lipinski definition) is 2. The summed E-state index contributed by atoms with van der Waals surface area (Å²) in [6.45, 7) is 8.13. The molecule has 0 aliphatic rings. The molecule has 0 saturated carbocycles. The van der Waals surface area contributed by atoms with Crippen LogP contribution in [0.25, 0.3) is 0 Å². The van der Waals surface area contributed by atoms with Gasteiger partial charge in [-0.05, 0) is 88.1 Å². The third-order valence-electron chi connectivity index (χ3n) is 5.85. The van der Waals surface area contributed by atoms with Crippen LogP contribution in [-0.4, -0.2) is 27.6 Å². The second-order valence-corrected chi connectivity index (χ2v) is 8.58. The van der Waals surface area contributed by atoms with E-state index in [-0.39, 0.29) is 12.4 Å². The fourth-order valence-electron chi connectivity index (χ4n) is 3.61. The molecular weight excluding hydrogens is 348 g/mol. The van der Waals surface area contributed by atoms with Gasteiger partial charge in [0.1, 0.15) is 0 Å². The van der Waals surface area contributed by atoms with Gasteiger partial charge in [-0.25, -0.2) is 0 Å². The van der Waals surface area contributed by atoms with E-state index in [9.17, 15) is 9.90 Å². The van der Waals surface area contributed by atoms with Crippen molar-refractivity contribution in [3.05, 3.63) is 57.9 Å². The Morgan fingerprint density at radius 1 is 1.07 bits per heavy atom. The van der Waals surface area contributed by atoms with Crippen LogP contribution >= 0.6 is 0 Å². The summed E-state index contributed by atoms with van der Waals surface area (Å²) in [6, 6.07) is 8.61. The molecule has 2 rings (SSSR count). The minimum absolute atomic E-state index is 0.0389. The first-order valence-corrected chi connectivity index (χ1v) is 10.3. The van der Waals surface area contributed by atoms with Crippen molar-refractivity contribution in [2.24, 2.45) is 12.8 Å². The van der Waals surface area contributed by atoms with E-state index in [0.29, 0.717) is 12.8 Å². The predicted molar refractivity (Wildman–Crippen MR) is 116 cm³/mol. The molecule has 0 fully saturated rings. The number of aliphatic hydroxyl groups is 1. The highest BCUT2D eigenvalue weighted by molar-refractivity contribution is 5.95. The fourth-order valence-corrected chi connectivity index (χ4v) is 3.61. The van der Waals surface area contributed by atoms with Crippen molar-refractivity contribution in [2.45, 2.75) is 71.8 Å². The van der Waals surface area contributed by atoms with E-state index in [0.717, 1.165) is 42.6 Å². The largest absolute Gasteiger partial charge is 0.394 e. The van der Waals surface area contributed by atoms with Gasteiger partial charge in [-0.1, -0.05) is 18.2 Å². The molecule has 0 spiro atoms. The molecule has 28 heavy (non-hydrogen) atoms. The Labute approximate surface area is 169 Å². The van der Waals surface area contributed by atoms with Crippen LogP contribution in [0, 0.1) is 20.8 Å². The van der Waals surface area contributed by atoms with Gasteiger partial charge in [0.25, 0.3) is 0 Å². The molecule has 4 heteroatoms. The number of nitrogens with two attached hydrogens (primary N) is 1. The van der Waals surface area contributed by atoms with E-state index >= 15 is 0 Å². The van der Waals surface area contributed by atoms with Gasteiger partial charge in [0.2, 0.25) is 0 Å². The van der Waals surface area contributed by atoms with Crippen molar-refractivity contribution < 1.29 is 9.90 Å². The Bertz CT molecular complexity index is 818. The van der Waals surface area contributed by atoms with Crippen molar-refractivity contribution in [3.63, 3.8) is 0 Å². The van der Waals surface area contributed by atoms with Crippen LogP contribution in [0.4, 0.5) is 0 Å². The van der Waals surface area contributed by atoms with Crippen molar-refractivity contribution in [3.8, 4) is 0 Å². The third kappa shape index (κ3) is 5.79. The van der Waals surface area contributed by atoms with Gasteiger partial charge in [0, 0.05) is 24.7 Å². The molecule has 0 radical (unpaired) electrons. The number of aryl methyl sites for hydroxylation is 4. The molecule has 2 aromatic rings. The number of Topliss-reactive ketones (excluding diaryl/α,β-unsaturated/α-hetero) is 1. The molecule has 0 bridgehead atoms. The zero-order valence-electron chi connectivity index (χ0n) is 18.1. The normalized spacial score (nSPS) is 13.5. The summed E-state index contributed by atoms with van der Waals surface area (Å²) in [5, 5.41) is 9.35. The van der Waals surface area contributed by atoms with Gasteiger partial charge in [-0.2, -0.15) is 0 Å². The van der Waals surface area contributed by atoms with Gasteiger partial charge in [-0.15, -0.1) is 0 Å². The standard InChI is InChI=1S/C24H36N2O2/c1-17-10-11-20(14-18(17)2)8-6-7-9-23(28)22-15-19(3)21(26(22)5)12-13-24(4,25)16-27/h10-11,14-15,27H,6-9,12-13,16,25H2,1-5H3. The third-order valence-corrected chi connectivity index (χ3v) is 5.85. The van der Waals surface area contributed by atoms with Gasteiger partial charge < -0.3 is 15.4 Å². The molecule has 4 nitrogen and oxygen atoms in total. The van der Waals surface area contributed by atoms with Crippen LogP contribution in [0.2, 0.25) is 0 Å². The van der Waals surface area contributed by atoms with Gasteiger partial charge >= 0.3 is 0 Å². The summed E-state index contributed by atoms with van der Waals surface area (Å²) in [6.07, 6.45) is 4.96. The minimum atomic E-state index is -0.588. The van der Waals surface area contributed by atoms with E-state index in [1.165, 1.54) is 16.7 Å². The lowest BCUT2D eigenvalue weighted by Gasteiger charge is -2.22. The number of carbonyl (C=O) groups excluding carboxylic acids is 1. The van der Waals surface area contributed by atoms with Crippen molar-refractivity contribution in [2.75, 3.05) is 6.61 Å². The average Bonchev–Trinajstić information content (AvgIpc) is 2.94. The van der Waals surface area contributed by atoms with Crippen LogP contribution in [0.3, 0.4) is 0 Å².